The number of benzene rings is 1. The summed E-state index contributed by atoms with van der Waals surface area (Å²) in [6.45, 7) is 3.24. The topological polar surface area (TPSA) is 106 Å². The molecule has 0 saturated carbocycles. The molecule has 0 aromatic heterocycles. The van der Waals surface area contributed by atoms with E-state index in [0.717, 1.165) is 12.1 Å². The Labute approximate surface area is 104 Å². The van der Waals surface area contributed by atoms with Crippen LogP contribution in [0.15, 0.2) is 40.6 Å². The third kappa shape index (κ3) is 3.35. The Morgan fingerprint density at radius 3 is 2.39 bits per heavy atom. The molecule has 0 bridgehead atoms. The normalized spacial score (nSPS) is 12.3. The first-order chi connectivity index (χ1) is 8.18. The molecule has 1 aromatic carbocycles. The Morgan fingerprint density at radius 2 is 1.94 bits per heavy atom. The standard InChI is InChI=1S/C9H11FN2O4S2/c1-2-5-12-18(15,16)9-4-3-7(6-8(9)10)17(11,13)14/h2-4,6,12H,1,5H2,(H2,11,13,14). The van der Waals surface area contributed by atoms with E-state index in [2.05, 4.69) is 11.3 Å². The molecule has 0 unspecified atom stereocenters. The summed E-state index contributed by atoms with van der Waals surface area (Å²) in [6, 6.07) is 2.30. The van der Waals surface area contributed by atoms with Crippen molar-refractivity contribution in [2.75, 3.05) is 6.54 Å². The monoisotopic (exact) mass is 294 g/mol. The van der Waals surface area contributed by atoms with Crippen molar-refractivity contribution in [2.45, 2.75) is 9.79 Å². The maximum Gasteiger partial charge on any atom is 0.243 e. The van der Waals surface area contributed by atoms with Crippen molar-refractivity contribution in [3.05, 3.63) is 36.7 Å². The molecule has 0 radical (unpaired) electrons. The van der Waals surface area contributed by atoms with E-state index in [1.165, 1.54) is 6.08 Å². The summed E-state index contributed by atoms with van der Waals surface area (Å²) < 4.78 is 60.7. The maximum absolute atomic E-state index is 13.5. The summed E-state index contributed by atoms with van der Waals surface area (Å²) in [5.74, 6) is -1.20. The average molecular weight is 294 g/mol. The van der Waals surface area contributed by atoms with E-state index < -0.39 is 35.7 Å². The van der Waals surface area contributed by atoms with Crippen molar-refractivity contribution in [1.82, 2.24) is 4.72 Å². The molecule has 0 aliphatic heterocycles. The Hall–Kier alpha value is -1.29. The fraction of sp³-hybridized carbons (Fsp3) is 0.111. The molecule has 0 fully saturated rings. The van der Waals surface area contributed by atoms with Crippen molar-refractivity contribution in [2.24, 2.45) is 5.14 Å². The molecule has 0 aliphatic carbocycles. The zero-order valence-electron chi connectivity index (χ0n) is 9.13. The highest BCUT2D eigenvalue weighted by Crippen LogP contribution is 2.17. The molecule has 0 amide bonds. The number of hydrogen-bond acceptors (Lipinski definition) is 4. The van der Waals surface area contributed by atoms with Crippen LogP contribution in [0.2, 0.25) is 0 Å². The summed E-state index contributed by atoms with van der Waals surface area (Å²) in [5, 5.41) is 4.79. The third-order valence-corrected chi connectivity index (χ3v) is 4.31. The number of sulfonamides is 2. The van der Waals surface area contributed by atoms with Crippen LogP contribution < -0.4 is 9.86 Å². The van der Waals surface area contributed by atoms with Gasteiger partial charge in [0.25, 0.3) is 0 Å². The highest BCUT2D eigenvalue weighted by Gasteiger charge is 2.20. The summed E-state index contributed by atoms with van der Waals surface area (Å²) in [4.78, 5) is -1.15. The van der Waals surface area contributed by atoms with Crippen molar-refractivity contribution in [3.63, 3.8) is 0 Å². The van der Waals surface area contributed by atoms with Gasteiger partial charge in [-0.1, -0.05) is 6.08 Å². The van der Waals surface area contributed by atoms with E-state index in [4.69, 9.17) is 5.14 Å². The second-order valence-corrected chi connectivity index (χ2v) is 6.57. The second kappa shape index (κ2) is 5.14. The zero-order chi connectivity index (χ0) is 14.0. The van der Waals surface area contributed by atoms with Gasteiger partial charge in [-0.25, -0.2) is 31.1 Å². The zero-order valence-corrected chi connectivity index (χ0v) is 10.8. The first-order valence-electron chi connectivity index (χ1n) is 4.61. The molecular weight excluding hydrogens is 283 g/mol. The predicted molar refractivity (Wildman–Crippen MR) is 63.2 cm³/mol. The van der Waals surface area contributed by atoms with Crippen LogP contribution in [-0.4, -0.2) is 23.4 Å². The number of nitrogens with one attached hydrogen (secondary N) is 1. The van der Waals surface area contributed by atoms with Gasteiger partial charge in [-0.05, 0) is 18.2 Å². The second-order valence-electron chi connectivity index (χ2n) is 3.28. The van der Waals surface area contributed by atoms with E-state index >= 15 is 0 Å². The van der Waals surface area contributed by atoms with Gasteiger partial charge in [0.05, 0.1) is 4.90 Å². The smallest absolute Gasteiger partial charge is 0.225 e. The minimum atomic E-state index is -4.08. The number of primary sulfonamides is 1. The van der Waals surface area contributed by atoms with E-state index in [-0.39, 0.29) is 6.54 Å². The molecule has 0 heterocycles. The Bertz CT molecular complexity index is 668. The van der Waals surface area contributed by atoms with Crippen LogP contribution in [-0.2, 0) is 20.0 Å². The molecule has 9 heteroatoms. The van der Waals surface area contributed by atoms with Crippen molar-refractivity contribution in [3.8, 4) is 0 Å². The van der Waals surface area contributed by atoms with E-state index in [1.54, 1.807) is 0 Å². The van der Waals surface area contributed by atoms with Gasteiger partial charge < -0.3 is 0 Å². The lowest BCUT2D eigenvalue weighted by atomic mass is 10.3. The van der Waals surface area contributed by atoms with Gasteiger partial charge >= 0.3 is 0 Å². The molecule has 1 rings (SSSR count). The Balaban J connectivity index is 3.26. The van der Waals surface area contributed by atoms with Gasteiger partial charge in [0.15, 0.2) is 0 Å². The highest BCUT2D eigenvalue weighted by atomic mass is 32.2. The average Bonchev–Trinajstić information content (AvgIpc) is 2.24. The van der Waals surface area contributed by atoms with Gasteiger partial charge in [-0.15, -0.1) is 6.58 Å². The fourth-order valence-electron chi connectivity index (χ4n) is 1.12. The molecule has 0 atom stereocenters. The molecule has 0 saturated heterocycles. The lowest BCUT2D eigenvalue weighted by molar-refractivity contribution is 0.555. The number of hydrogen-bond donors (Lipinski definition) is 2. The molecule has 6 nitrogen and oxygen atoms in total. The van der Waals surface area contributed by atoms with Crippen LogP contribution in [0.1, 0.15) is 0 Å². The number of halogens is 1. The lowest BCUT2D eigenvalue weighted by Gasteiger charge is -2.06. The van der Waals surface area contributed by atoms with Crippen molar-refractivity contribution in [1.29, 1.82) is 0 Å². The molecule has 1 aromatic rings. The highest BCUT2D eigenvalue weighted by molar-refractivity contribution is 7.89. The predicted octanol–water partition coefficient (Wildman–Crippen LogP) is -0.0626. The first kappa shape index (κ1) is 14.8. The van der Waals surface area contributed by atoms with Gasteiger partial charge in [0.1, 0.15) is 10.7 Å². The Kier molecular flexibility index (Phi) is 4.22. The quantitative estimate of drug-likeness (QED) is 0.742. The number of nitrogens with two attached hydrogens (primary N) is 1. The lowest BCUT2D eigenvalue weighted by Crippen LogP contribution is -2.25. The maximum atomic E-state index is 13.5. The molecule has 0 aliphatic rings. The van der Waals surface area contributed by atoms with Crippen molar-refractivity contribution < 1.29 is 21.2 Å². The molecule has 100 valence electrons. The molecular formula is C9H11FN2O4S2. The van der Waals surface area contributed by atoms with Crippen LogP contribution in [0.25, 0.3) is 0 Å². The first-order valence-corrected chi connectivity index (χ1v) is 7.64. The Morgan fingerprint density at radius 1 is 1.33 bits per heavy atom. The molecule has 18 heavy (non-hydrogen) atoms. The third-order valence-electron chi connectivity index (χ3n) is 1.94. The van der Waals surface area contributed by atoms with Gasteiger partial charge in [-0.2, -0.15) is 0 Å². The minimum absolute atomic E-state index is 0.0707. The summed E-state index contributed by atoms with van der Waals surface area (Å²) in [7, 11) is -8.12. The van der Waals surface area contributed by atoms with Gasteiger partial charge in [0, 0.05) is 6.54 Å². The minimum Gasteiger partial charge on any atom is -0.225 e. The van der Waals surface area contributed by atoms with Crippen LogP contribution in [0, 0.1) is 5.82 Å². The summed E-state index contributed by atoms with van der Waals surface area (Å²) >= 11 is 0. The van der Waals surface area contributed by atoms with Gasteiger partial charge in [-0.3, -0.25) is 0 Å². The van der Waals surface area contributed by atoms with E-state index in [9.17, 15) is 21.2 Å². The van der Waals surface area contributed by atoms with Crippen LogP contribution in [0.5, 0.6) is 0 Å². The number of rotatable bonds is 5. The van der Waals surface area contributed by atoms with E-state index in [1.807, 2.05) is 0 Å². The largest absolute Gasteiger partial charge is 0.243 e. The SMILES string of the molecule is C=CCNS(=O)(=O)c1ccc(S(N)(=O)=O)cc1F. The van der Waals surface area contributed by atoms with Gasteiger partial charge in [0.2, 0.25) is 20.0 Å². The van der Waals surface area contributed by atoms with E-state index in [0.29, 0.717) is 6.07 Å². The fourth-order valence-corrected chi connectivity index (χ4v) is 2.70. The van der Waals surface area contributed by atoms with Crippen LogP contribution in [0.4, 0.5) is 4.39 Å². The van der Waals surface area contributed by atoms with Crippen LogP contribution >= 0.6 is 0 Å². The van der Waals surface area contributed by atoms with Crippen molar-refractivity contribution >= 4 is 20.0 Å². The summed E-state index contributed by atoms with van der Waals surface area (Å²) in [6.07, 6.45) is 1.29. The summed E-state index contributed by atoms with van der Waals surface area (Å²) in [5.41, 5.74) is 0. The molecule has 3 N–H and O–H groups in total. The van der Waals surface area contributed by atoms with Crippen LogP contribution in [0.3, 0.4) is 0 Å². The molecule has 0 spiro atoms.